The number of halogens is 1. The van der Waals surface area contributed by atoms with Gasteiger partial charge >= 0.3 is 0 Å². The van der Waals surface area contributed by atoms with E-state index in [0.29, 0.717) is 18.3 Å². The number of nitrogens with one attached hydrogen (secondary N) is 2. The Hall–Kier alpha value is -1.49. The maximum Gasteiger partial charge on any atom is 0.230 e. The van der Waals surface area contributed by atoms with E-state index in [9.17, 15) is 9.18 Å². The van der Waals surface area contributed by atoms with Crippen molar-refractivity contribution in [3.63, 3.8) is 0 Å². The first-order valence-corrected chi connectivity index (χ1v) is 5.30. The molecular formula is C11H14FN3O. The Bertz CT molecular complexity index is 379. The molecule has 0 aliphatic carbocycles. The van der Waals surface area contributed by atoms with Crippen LogP contribution in [0.4, 0.5) is 10.2 Å². The van der Waals surface area contributed by atoms with Gasteiger partial charge < -0.3 is 10.6 Å². The normalized spacial score (nSPS) is 24.4. The third-order valence-electron chi connectivity index (χ3n) is 2.83. The molecule has 4 nitrogen and oxygen atoms in total. The molecule has 0 saturated carbocycles. The predicted octanol–water partition coefficient (Wildman–Crippen LogP) is 1.01. The number of carbonyl (C=O) groups excluding carboxylic acids is 1. The summed E-state index contributed by atoms with van der Waals surface area (Å²) in [4.78, 5) is 15.6. The number of amides is 1. The van der Waals surface area contributed by atoms with Crippen molar-refractivity contribution in [1.82, 2.24) is 10.3 Å². The topological polar surface area (TPSA) is 54.0 Å². The highest BCUT2D eigenvalue weighted by molar-refractivity contribution is 5.92. The lowest BCUT2D eigenvalue weighted by Gasteiger charge is -2.13. The molecule has 2 heterocycles. The molecule has 0 bridgehead atoms. The van der Waals surface area contributed by atoms with Gasteiger partial charge in [0.2, 0.25) is 5.91 Å². The Morgan fingerprint density at radius 3 is 2.94 bits per heavy atom. The zero-order valence-corrected chi connectivity index (χ0v) is 9.03. The van der Waals surface area contributed by atoms with Crippen LogP contribution in [-0.2, 0) is 4.79 Å². The summed E-state index contributed by atoms with van der Waals surface area (Å²) >= 11 is 0. The van der Waals surface area contributed by atoms with E-state index in [1.54, 1.807) is 0 Å². The summed E-state index contributed by atoms with van der Waals surface area (Å²) in [5, 5.41) is 5.84. The van der Waals surface area contributed by atoms with Crippen molar-refractivity contribution in [3.8, 4) is 0 Å². The van der Waals surface area contributed by atoms with Crippen molar-refractivity contribution in [2.24, 2.45) is 11.8 Å². The van der Waals surface area contributed by atoms with Gasteiger partial charge in [-0.2, -0.15) is 0 Å². The summed E-state index contributed by atoms with van der Waals surface area (Å²) in [6, 6.07) is 2.74. The van der Waals surface area contributed by atoms with Crippen LogP contribution in [0.25, 0.3) is 0 Å². The van der Waals surface area contributed by atoms with E-state index >= 15 is 0 Å². The summed E-state index contributed by atoms with van der Waals surface area (Å²) in [5.41, 5.74) is 0. The largest absolute Gasteiger partial charge is 0.316 e. The highest BCUT2D eigenvalue weighted by Crippen LogP contribution is 2.17. The molecule has 0 radical (unpaired) electrons. The summed E-state index contributed by atoms with van der Waals surface area (Å²) in [6.45, 7) is 3.57. The highest BCUT2D eigenvalue weighted by Gasteiger charge is 2.29. The molecule has 1 fully saturated rings. The van der Waals surface area contributed by atoms with Crippen LogP contribution in [0.3, 0.4) is 0 Å². The first kappa shape index (κ1) is 11.0. The second kappa shape index (κ2) is 4.57. The maximum absolute atomic E-state index is 12.6. The van der Waals surface area contributed by atoms with Crippen LogP contribution in [0.1, 0.15) is 6.92 Å². The SMILES string of the molecule is C[C@@H]1CNC[C@H]1C(=O)Nc1ccc(F)cn1. The fourth-order valence-corrected chi connectivity index (χ4v) is 1.83. The average Bonchev–Trinajstić information content (AvgIpc) is 2.68. The number of aromatic nitrogens is 1. The van der Waals surface area contributed by atoms with E-state index < -0.39 is 5.82 Å². The molecule has 0 unspecified atom stereocenters. The minimum Gasteiger partial charge on any atom is -0.316 e. The van der Waals surface area contributed by atoms with Crippen LogP contribution in [0.5, 0.6) is 0 Å². The van der Waals surface area contributed by atoms with E-state index in [1.807, 2.05) is 6.92 Å². The lowest BCUT2D eigenvalue weighted by molar-refractivity contribution is -0.120. The van der Waals surface area contributed by atoms with Crippen molar-refractivity contribution in [1.29, 1.82) is 0 Å². The average molecular weight is 223 g/mol. The second-order valence-corrected chi connectivity index (χ2v) is 4.09. The number of nitrogens with zero attached hydrogens (tertiary/aromatic N) is 1. The van der Waals surface area contributed by atoms with E-state index in [2.05, 4.69) is 15.6 Å². The molecule has 0 aromatic carbocycles. The van der Waals surface area contributed by atoms with Crippen molar-refractivity contribution in [3.05, 3.63) is 24.1 Å². The van der Waals surface area contributed by atoms with Gasteiger partial charge in [-0.15, -0.1) is 0 Å². The molecule has 1 aliphatic rings. The van der Waals surface area contributed by atoms with Crippen LogP contribution in [-0.4, -0.2) is 24.0 Å². The summed E-state index contributed by atoms with van der Waals surface area (Å²) in [7, 11) is 0. The molecule has 86 valence electrons. The minimum absolute atomic E-state index is 0.0353. The molecule has 16 heavy (non-hydrogen) atoms. The van der Waals surface area contributed by atoms with E-state index in [4.69, 9.17) is 0 Å². The van der Waals surface area contributed by atoms with Crippen molar-refractivity contribution in [2.75, 3.05) is 18.4 Å². The van der Waals surface area contributed by atoms with Crippen LogP contribution in [0, 0.1) is 17.7 Å². The number of anilines is 1. The first-order chi connectivity index (χ1) is 7.66. The summed E-state index contributed by atoms with van der Waals surface area (Å²) < 4.78 is 12.6. The van der Waals surface area contributed by atoms with Crippen LogP contribution in [0.2, 0.25) is 0 Å². The molecule has 5 heteroatoms. The van der Waals surface area contributed by atoms with Crippen LogP contribution >= 0.6 is 0 Å². The molecule has 0 spiro atoms. The van der Waals surface area contributed by atoms with Gasteiger partial charge in [-0.25, -0.2) is 9.37 Å². The molecule has 2 rings (SSSR count). The Morgan fingerprint density at radius 1 is 1.56 bits per heavy atom. The zero-order chi connectivity index (χ0) is 11.5. The fraction of sp³-hybridized carbons (Fsp3) is 0.455. The first-order valence-electron chi connectivity index (χ1n) is 5.30. The summed E-state index contributed by atoms with van der Waals surface area (Å²) in [5.74, 6) is 0.211. The van der Waals surface area contributed by atoms with E-state index in [0.717, 1.165) is 12.7 Å². The molecular weight excluding hydrogens is 209 g/mol. The van der Waals surface area contributed by atoms with E-state index in [1.165, 1.54) is 12.1 Å². The molecule has 1 aromatic rings. The molecule has 1 amide bonds. The van der Waals surface area contributed by atoms with Gasteiger partial charge in [-0.05, 0) is 24.6 Å². The third-order valence-corrected chi connectivity index (χ3v) is 2.83. The van der Waals surface area contributed by atoms with Crippen molar-refractivity contribution >= 4 is 11.7 Å². The molecule has 2 atom stereocenters. The van der Waals surface area contributed by atoms with Crippen LogP contribution < -0.4 is 10.6 Å². The number of carbonyl (C=O) groups is 1. The lowest BCUT2D eigenvalue weighted by atomic mass is 9.97. The number of hydrogen-bond donors (Lipinski definition) is 2. The Balaban J connectivity index is 1.99. The quantitative estimate of drug-likeness (QED) is 0.787. The van der Waals surface area contributed by atoms with Gasteiger partial charge in [0.05, 0.1) is 12.1 Å². The predicted molar refractivity (Wildman–Crippen MR) is 58.3 cm³/mol. The second-order valence-electron chi connectivity index (χ2n) is 4.09. The van der Waals surface area contributed by atoms with Gasteiger partial charge in [-0.3, -0.25) is 4.79 Å². The number of hydrogen-bond acceptors (Lipinski definition) is 3. The van der Waals surface area contributed by atoms with E-state index in [-0.39, 0.29) is 11.8 Å². The van der Waals surface area contributed by atoms with Crippen LogP contribution in [0.15, 0.2) is 18.3 Å². The van der Waals surface area contributed by atoms with Gasteiger partial charge in [0.1, 0.15) is 11.6 Å². The third kappa shape index (κ3) is 2.36. The monoisotopic (exact) mass is 223 g/mol. The molecule has 1 aliphatic heterocycles. The Morgan fingerprint density at radius 2 is 2.38 bits per heavy atom. The van der Waals surface area contributed by atoms with Crippen molar-refractivity contribution in [2.45, 2.75) is 6.92 Å². The standard InChI is InChI=1S/C11H14FN3O/c1-7-4-13-6-9(7)11(16)15-10-3-2-8(12)5-14-10/h2-3,5,7,9,13H,4,6H2,1H3,(H,14,15,16)/t7-,9-/m1/s1. The Labute approximate surface area is 93.3 Å². The molecule has 1 aromatic heterocycles. The van der Waals surface area contributed by atoms with Gasteiger partial charge in [0.15, 0.2) is 0 Å². The minimum atomic E-state index is -0.408. The highest BCUT2D eigenvalue weighted by atomic mass is 19.1. The smallest absolute Gasteiger partial charge is 0.230 e. The lowest BCUT2D eigenvalue weighted by Crippen LogP contribution is -2.28. The van der Waals surface area contributed by atoms with Crippen molar-refractivity contribution < 1.29 is 9.18 Å². The Kier molecular flexibility index (Phi) is 3.14. The van der Waals surface area contributed by atoms with Gasteiger partial charge in [-0.1, -0.05) is 6.92 Å². The van der Waals surface area contributed by atoms with Gasteiger partial charge in [0, 0.05) is 6.54 Å². The van der Waals surface area contributed by atoms with Gasteiger partial charge in [0.25, 0.3) is 0 Å². The maximum atomic E-state index is 12.6. The number of pyridine rings is 1. The fourth-order valence-electron chi connectivity index (χ4n) is 1.83. The number of rotatable bonds is 2. The zero-order valence-electron chi connectivity index (χ0n) is 9.03. The molecule has 1 saturated heterocycles. The molecule has 2 N–H and O–H groups in total. The summed E-state index contributed by atoms with van der Waals surface area (Å²) in [6.07, 6.45) is 1.09.